The summed E-state index contributed by atoms with van der Waals surface area (Å²) in [4.78, 5) is 42.3. The van der Waals surface area contributed by atoms with E-state index >= 15 is 0 Å². The monoisotopic (exact) mass is 436 g/mol. The summed E-state index contributed by atoms with van der Waals surface area (Å²) in [6.07, 6.45) is 0. The van der Waals surface area contributed by atoms with E-state index in [1.807, 2.05) is 0 Å². The number of nitro benzene ring substituents is 2. The zero-order valence-corrected chi connectivity index (χ0v) is 16.9. The maximum Gasteiger partial charge on any atom is 0.338 e. The molecule has 0 saturated heterocycles. The quantitative estimate of drug-likeness (QED) is 0.386. The molecule has 12 heteroatoms. The lowest BCUT2D eigenvalue weighted by Crippen LogP contribution is -2.04. The number of nitro groups is 2. The maximum atomic E-state index is 11.3. The smallest absolute Gasteiger partial charge is 0.338 e. The van der Waals surface area contributed by atoms with Crippen LogP contribution in [-0.4, -0.2) is 48.2 Å². The first-order valence-electron chi connectivity index (χ1n) is 8.49. The second-order valence-corrected chi connectivity index (χ2v) is 5.86. The van der Waals surface area contributed by atoms with Crippen molar-refractivity contribution in [2.24, 2.45) is 0 Å². The van der Waals surface area contributed by atoms with Gasteiger partial charge in [0, 0.05) is 31.4 Å². The Kier molecular flexibility index (Phi) is 9.69. The van der Waals surface area contributed by atoms with E-state index in [9.17, 15) is 29.8 Å². The minimum absolute atomic E-state index is 0.0516. The minimum Gasteiger partial charge on any atom is -0.465 e. The van der Waals surface area contributed by atoms with E-state index in [0.29, 0.717) is 11.1 Å². The molecule has 0 saturated carbocycles. The van der Waals surface area contributed by atoms with Gasteiger partial charge in [-0.15, -0.1) is 0 Å². The van der Waals surface area contributed by atoms with Crippen LogP contribution in [0.25, 0.3) is 0 Å². The molecule has 0 bridgehead atoms. The van der Waals surface area contributed by atoms with Gasteiger partial charge in [0.25, 0.3) is 11.4 Å². The van der Waals surface area contributed by atoms with E-state index in [1.165, 1.54) is 51.7 Å². The number of ether oxygens (including phenoxy) is 3. The Balaban J connectivity index is 0.000000311. The van der Waals surface area contributed by atoms with Crippen molar-refractivity contribution in [1.82, 2.24) is 0 Å². The highest BCUT2D eigenvalue weighted by Crippen LogP contribution is 2.19. The van der Waals surface area contributed by atoms with Gasteiger partial charge in [-0.25, -0.2) is 9.59 Å². The number of aliphatic hydroxyl groups is 1. The predicted octanol–water partition coefficient (Wildman–Crippen LogP) is 2.40. The first-order valence-corrected chi connectivity index (χ1v) is 8.49. The van der Waals surface area contributed by atoms with Crippen molar-refractivity contribution < 1.29 is 38.8 Å². The van der Waals surface area contributed by atoms with Crippen LogP contribution in [0.2, 0.25) is 0 Å². The van der Waals surface area contributed by atoms with Crippen LogP contribution in [0.5, 0.6) is 0 Å². The molecule has 0 amide bonds. The Morgan fingerprint density at radius 2 is 1.23 bits per heavy atom. The number of non-ortho nitro benzene ring substituents is 2. The third-order valence-electron chi connectivity index (χ3n) is 3.71. The molecule has 0 heterocycles. The van der Waals surface area contributed by atoms with E-state index in [-0.39, 0.29) is 35.7 Å². The fraction of sp³-hybridized carbons (Fsp3) is 0.263. The second-order valence-electron chi connectivity index (χ2n) is 5.86. The Labute approximate surface area is 176 Å². The molecule has 0 aliphatic rings. The number of carbonyl (C=O) groups is 2. The van der Waals surface area contributed by atoms with Crippen molar-refractivity contribution >= 4 is 23.3 Å². The highest BCUT2D eigenvalue weighted by Gasteiger charge is 2.15. The second kappa shape index (κ2) is 11.9. The molecule has 1 N–H and O–H groups in total. The lowest BCUT2D eigenvalue weighted by molar-refractivity contribution is -0.385. The fourth-order valence-electron chi connectivity index (χ4n) is 2.37. The van der Waals surface area contributed by atoms with Gasteiger partial charge in [-0.2, -0.15) is 0 Å². The molecule has 12 nitrogen and oxygen atoms in total. The van der Waals surface area contributed by atoms with Crippen LogP contribution in [0, 0.1) is 20.2 Å². The van der Waals surface area contributed by atoms with Crippen LogP contribution in [0.15, 0.2) is 36.4 Å². The number of hydrogen-bond donors (Lipinski definition) is 1. The van der Waals surface area contributed by atoms with Crippen LogP contribution in [0.3, 0.4) is 0 Å². The van der Waals surface area contributed by atoms with Gasteiger partial charge < -0.3 is 19.3 Å². The van der Waals surface area contributed by atoms with E-state index in [4.69, 9.17) is 9.84 Å². The van der Waals surface area contributed by atoms with Crippen molar-refractivity contribution in [2.75, 3.05) is 21.3 Å². The van der Waals surface area contributed by atoms with Gasteiger partial charge in [0.05, 0.1) is 48.4 Å². The molecule has 0 fully saturated rings. The van der Waals surface area contributed by atoms with Crippen LogP contribution in [0.1, 0.15) is 31.8 Å². The Hall–Kier alpha value is -3.90. The molecule has 0 radical (unpaired) electrons. The lowest BCUT2D eigenvalue weighted by atomic mass is 10.1. The Bertz CT molecular complexity index is 974. The number of aliphatic hydroxyl groups excluding tert-OH is 1. The molecule has 31 heavy (non-hydrogen) atoms. The molecule has 2 rings (SSSR count). The molecule has 0 aromatic heterocycles. The molecular weight excluding hydrogens is 416 g/mol. The standard InChI is InChI=1S/C10H11NO5.C9H9NO5/c1-15-6-7-3-8(10(12)16-2)5-9(4-7)11(13)14;1-15-9(12)7-2-6(5-11)3-8(4-7)10(13)14/h3-5H,6H2,1-2H3;2-4,11H,5H2,1H3. The summed E-state index contributed by atoms with van der Waals surface area (Å²) in [5, 5.41) is 30.0. The van der Waals surface area contributed by atoms with E-state index < -0.39 is 21.8 Å². The van der Waals surface area contributed by atoms with Gasteiger partial charge in [0.2, 0.25) is 0 Å². The average molecular weight is 436 g/mol. The topological polar surface area (TPSA) is 168 Å². The van der Waals surface area contributed by atoms with Crippen molar-refractivity contribution in [3.05, 3.63) is 78.9 Å². The molecule has 2 aromatic carbocycles. The number of carbonyl (C=O) groups excluding carboxylic acids is 2. The van der Waals surface area contributed by atoms with Crippen LogP contribution >= 0.6 is 0 Å². The summed E-state index contributed by atoms with van der Waals surface area (Å²) in [5.74, 6) is -1.28. The zero-order valence-electron chi connectivity index (χ0n) is 16.9. The van der Waals surface area contributed by atoms with Crippen molar-refractivity contribution in [3.63, 3.8) is 0 Å². The highest BCUT2D eigenvalue weighted by molar-refractivity contribution is 5.90. The Morgan fingerprint density at radius 1 is 0.806 bits per heavy atom. The number of esters is 2. The summed E-state index contributed by atoms with van der Waals surface area (Å²) in [6.45, 7) is -0.169. The van der Waals surface area contributed by atoms with Gasteiger partial charge >= 0.3 is 11.9 Å². The molecule has 0 atom stereocenters. The van der Waals surface area contributed by atoms with Gasteiger partial charge in [0.1, 0.15) is 0 Å². The van der Waals surface area contributed by atoms with Gasteiger partial charge in [-0.3, -0.25) is 20.2 Å². The molecular formula is C19H20N2O10. The van der Waals surface area contributed by atoms with Crippen molar-refractivity contribution in [1.29, 1.82) is 0 Å². The first kappa shape index (κ1) is 25.1. The van der Waals surface area contributed by atoms with Crippen LogP contribution < -0.4 is 0 Å². The number of methoxy groups -OCH3 is 3. The third kappa shape index (κ3) is 7.45. The predicted molar refractivity (Wildman–Crippen MR) is 106 cm³/mol. The summed E-state index contributed by atoms with van der Waals surface area (Å²) in [6, 6.07) is 7.68. The molecule has 2 aromatic rings. The summed E-state index contributed by atoms with van der Waals surface area (Å²) in [5.41, 5.74) is 0.637. The van der Waals surface area contributed by atoms with Gasteiger partial charge in [-0.1, -0.05) is 0 Å². The van der Waals surface area contributed by atoms with Crippen molar-refractivity contribution in [3.8, 4) is 0 Å². The van der Waals surface area contributed by atoms with E-state index in [2.05, 4.69) is 9.47 Å². The molecule has 0 aliphatic heterocycles. The molecule has 0 spiro atoms. The van der Waals surface area contributed by atoms with Gasteiger partial charge in [-0.05, 0) is 23.3 Å². The SMILES string of the molecule is COC(=O)c1cc(CO)cc([N+](=O)[O-])c1.COCc1cc(C(=O)OC)cc([N+](=O)[O-])c1. The fourth-order valence-corrected chi connectivity index (χ4v) is 2.37. The first-order chi connectivity index (χ1) is 14.7. The molecule has 0 unspecified atom stereocenters. The zero-order chi connectivity index (χ0) is 23.6. The number of rotatable bonds is 7. The van der Waals surface area contributed by atoms with Crippen LogP contribution in [0.4, 0.5) is 11.4 Å². The third-order valence-corrected chi connectivity index (χ3v) is 3.71. The summed E-state index contributed by atoms with van der Waals surface area (Å²) < 4.78 is 13.8. The summed E-state index contributed by atoms with van der Waals surface area (Å²) in [7, 11) is 3.87. The minimum atomic E-state index is -0.673. The van der Waals surface area contributed by atoms with Crippen molar-refractivity contribution in [2.45, 2.75) is 13.2 Å². The summed E-state index contributed by atoms with van der Waals surface area (Å²) >= 11 is 0. The molecule has 0 aliphatic carbocycles. The molecule has 166 valence electrons. The number of benzene rings is 2. The highest BCUT2D eigenvalue weighted by atomic mass is 16.6. The van der Waals surface area contributed by atoms with Gasteiger partial charge in [0.15, 0.2) is 0 Å². The normalized spacial score (nSPS) is 9.81. The maximum absolute atomic E-state index is 11.3. The van der Waals surface area contributed by atoms with Crippen LogP contribution in [-0.2, 0) is 27.4 Å². The largest absolute Gasteiger partial charge is 0.465 e. The Morgan fingerprint density at radius 3 is 1.58 bits per heavy atom. The number of hydrogen-bond acceptors (Lipinski definition) is 10. The average Bonchev–Trinajstić information content (AvgIpc) is 2.77. The van der Waals surface area contributed by atoms with E-state index in [0.717, 1.165) is 6.07 Å². The lowest BCUT2D eigenvalue weighted by Gasteiger charge is -2.03. The van der Waals surface area contributed by atoms with E-state index in [1.54, 1.807) is 0 Å². The number of nitrogens with zero attached hydrogens (tertiary/aromatic N) is 2.